The summed E-state index contributed by atoms with van der Waals surface area (Å²) in [5.74, 6) is -0.570. The van der Waals surface area contributed by atoms with E-state index >= 15 is 0 Å². The van der Waals surface area contributed by atoms with Crippen LogP contribution in [0.2, 0.25) is 0 Å². The molecule has 2 nitrogen and oxygen atoms in total. The zero-order valence-corrected chi connectivity index (χ0v) is 7.43. The van der Waals surface area contributed by atoms with Gasteiger partial charge in [-0.25, -0.2) is 4.98 Å². The molecule has 0 aliphatic carbocycles. The van der Waals surface area contributed by atoms with E-state index in [1.54, 1.807) is 13.0 Å². The molecule has 1 aromatic heterocycles. The Labute approximate surface area is 71.7 Å². The van der Waals surface area contributed by atoms with Crippen molar-refractivity contribution in [3.63, 3.8) is 0 Å². The monoisotopic (exact) mass is 166 g/mol. The van der Waals surface area contributed by atoms with Crippen LogP contribution < -0.4 is 0 Å². The molecule has 1 rings (SSSR count). The average Bonchev–Trinajstić information content (AvgIpc) is 2.13. The van der Waals surface area contributed by atoms with Gasteiger partial charge in [-0.2, -0.15) is 9.65 Å². The van der Waals surface area contributed by atoms with Crippen molar-refractivity contribution >= 4 is 0 Å². The van der Waals surface area contributed by atoms with E-state index < -0.39 is 5.95 Å². The van der Waals surface area contributed by atoms with Crippen molar-refractivity contribution in [3.8, 4) is 6.07 Å². The lowest BCUT2D eigenvalue weighted by Crippen LogP contribution is -1.90. The lowest BCUT2D eigenvalue weighted by molar-refractivity contribution is 0.573. The van der Waals surface area contributed by atoms with Crippen molar-refractivity contribution in [1.29, 1.82) is 5.26 Å². The van der Waals surface area contributed by atoms with Crippen LogP contribution >= 0.6 is 0 Å². The molecule has 1 aromatic rings. The van der Waals surface area contributed by atoms with Gasteiger partial charge in [0.1, 0.15) is 11.8 Å². The van der Waals surface area contributed by atoms with E-state index in [4.69, 9.17) is 5.26 Å². The first-order chi connectivity index (χ1) is 5.74. The zero-order valence-electron chi connectivity index (χ0n) is 7.43. The minimum Gasteiger partial charge on any atom is -0.209 e. The predicted octanol–water partition coefficient (Wildman–Crippen LogP) is 2.43. The van der Waals surface area contributed by atoms with Crippen molar-refractivity contribution < 1.29 is 4.39 Å². The summed E-state index contributed by atoms with van der Waals surface area (Å²) in [5, 5.41) is 8.27. The van der Waals surface area contributed by atoms with Gasteiger partial charge < -0.3 is 0 Å². The lowest BCUT2D eigenvalue weighted by atomic mass is 10.3. The number of nitriles is 1. The third-order valence-electron chi connectivity index (χ3n) is 1.15. The lowest BCUT2D eigenvalue weighted by Gasteiger charge is -1.92. The summed E-state index contributed by atoms with van der Waals surface area (Å²) in [7, 11) is 0. The van der Waals surface area contributed by atoms with Crippen LogP contribution in [0.5, 0.6) is 0 Å². The molecule has 0 radical (unpaired) electrons. The van der Waals surface area contributed by atoms with Crippen LogP contribution in [0.25, 0.3) is 0 Å². The van der Waals surface area contributed by atoms with Crippen molar-refractivity contribution in [2.45, 2.75) is 20.8 Å². The molecule has 3 heteroatoms. The van der Waals surface area contributed by atoms with Gasteiger partial charge in [0, 0.05) is 5.56 Å². The largest absolute Gasteiger partial charge is 0.217 e. The molecule has 0 fully saturated rings. The number of halogens is 1. The number of hydrogen-bond acceptors (Lipinski definition) is 2. The maximum absolute atomic E-state index is 12.5. The van der Waals surface area contributed by atoms with Crippen molar-refractivity contribution in [2.75, 3.05) is 0 Å². The van der Waals surface area contributed by atoms with Crippen LogP contribution in [-0.4, -0.2) is 4.98 Å². The van der Waals surface area contributed by atoms with Gasteiger partial charge >= 0.3 is 0 Å². The summed E-state index contributed by atoms with van der Waals surface area (Å²) in [6.45, 7) is 5.60. The molecule has 0 amide bonds. The summed E-state index contributed by atoms with van der Waals surface area (Å²) in [5.41, 5.74) is 0.571. The Hall–Kier alpha value is -1.43. The molecule has 0 aromatic carbocycles. The first-order valence-electron chi connectivity index (χ1n) is 3.77. The highest BCUT2D eigenvalue weighted by molar-refractivity contribution is 5.23. The van der Waals surface area contributed by atoms with E-state index in [1.807, 2.05) is 13.8 Å². The maximum atomic E-state index is 12.5. The molecule has 0 bridgehead atoms. The Balaban J connectivity index is 0.000000561. The van der Waals surface area contributed by atoms with Gasteiger partial charge in [0.05, 0.1) is 0 Å². The maximum Gasteiger partial charge on any atom is 0.217 e. The van der Waals surface area contributed by atoms with E-state index in [9.17, 15) is 4.39 Å². The molecule has 0 atom stereocenters. The van der Waals surface area contributed by atoms with Crippen LogP contribution in [0.1, 0.15) is 25.1 Å². The Bertz CT molecular complexity index is 289. The molecule has 0 saturated carbocycles. The number of pyridine rings is 1. The number of aromatic nitrogens is 1. The number of hydrogen-bond donors (Lipinski definition) is 0. The first-order valence-corrected chi connectivity index (χ1v) is 3.77. The topological polar surface area (TPSA) is 36.7 Å². The summed E-state index contributed by atoms with van der Waals surface area (Å²) >= 11 is 0. The summed E-state index contributed by atoms with van der Waals surface area (Å²) in [4.78, 5) is 3.36. The second kappa shape index (κ2) is 5.25. The second-order valence-electron chi connectivity index (χ2n) is 1.92. The molecule has 64 valence electrons. The van der Waals surface area contributed by atoms with Gasteiger partial charge in [-0.05, 0) is 13.0 Å². The van der Waals surface area contributed by atoms with Gasteiger partial charge in [-0.3, -0.25) is 0 Å². The van der Waals surface area contributed by atoms with Crippen molar-refractivity contribution in [2.24, 2.45) is 0 Å². The summed E-state index contributed by atoms with van der Waals surface area (Å²) in [6, 6.07) is 4.76. The molecule has 0 saturated heterocycles. The molecule has 0 unspecified atom stereocenters. The minimum absolute atomic E-state index is 0.114. The van der Waals surface area contributed by atoms with Gasteiger partial charge in [0.25, 0.3) is 0 Å². The number of aryl methyl sites for hydroxylation is 1. The molecular formula is C9H11FN2. The summed E-state index contributed by atoms with van der Waals surface area (Å²) < 4.78 is 12.5. The highest BCUT2D eigenvalue weighted by Gasteiger charge is 1.98. The molecular weight excluding hydrogens is 155 g/mol. The third kappa shape index (κ3) is 2.67. The van der Waals surface area contributed by atoms with Gasteiger partial charge in [0.2, 0.25) is 5.95 Å². The highest BCUT2D eigenvalue weighted by Crippen LogP contribution is 2.02. The Morgan fingerprint density at radius 2 is 2.00 bits per heavy atom. The molecule has 0 aliphatic heterocycles. The highest BCUT2D eigenvalue weighted by atomic mass is 19.1. The average molecular weight is 166 g/mol. The van der Waals surface area contributed by atoms with Crippen LogP contribution in [-0.2, 0) is 0 Å². The van der Waals surface area contributed by atoms with Crippen LogP contribution in [0, 0.1) is 24.2 Å². The van der Waals surface area contributed by atoms with Crippen LogP contribution in [0.4, 0.5) is 4.39 Å². The minimum atomic E-state index is -0.570. The molecule has 1 heterocycles. The fourth-order valence-corrected chi connectivity index (χ4v) is 0.566. The Morgan fingerprint density at radius 1 is 1.42 bits per heavy atom. The van der Waals surface area contributed by atoms with E-state index in [0.29, 0.717) is 5.56 Å². The van der Waals surface area contributed by atoms with E-state index in [2.05, 4.69) is 4.98 Å². The van der Waals surface area contributed by atoms with E-state index in [0.717, 1.165) is 0 Å². The third-order valence-corrected chi connectivity index (χ3v) is 1.15. The van der Waals surface area contributed by atoms with E-state index in [1.165, 1.54) is 12.1 Å². The smallest absolute Gasteiger partial charge is 0.209 e. The standard InChI is InChI=1S/C7H5FN2.C2H6/c1-5-2-3-6(4-9)10-7(5)8;1-2/h2-3H,1H3;1-2H3. The SMILES string of the molecule is CC.Cc1ccc(C#N)nc1F. The van der Waals surface area contributed by atoms with Crippen LogP contribution in [0.3, 0.4) is 0 Å². The number of nitrogens with zero attached hydrogens (tertiary/aromatic N) is 2. The fraction of sp³-hybridized carbons (Fsp3) is 0.333. The fourth-order valence-electron chi connectivity index (χ4n) is 0.566. The Morgan fingerprint density at radius 3 is 2.42 bits per heavy atom. The van der Waals surface area contributed by atoms with Crippen LogP contribution in [0.15, 0.2) is 12.1 Å². The van der Waals surface area contributed by atoms with Gasteiger partial charge in [0.15, 0.2) is 0 Å². The molecule has 0 spiro atoms. The first kappa shape index (κ1) is 10.6. The zero-order chi connectivity index (χ0) is 9.56. The van der Waals surface area contributed by atoms with Crippen molar-refractivity contribution in [1.82, 2.24) is 4.98 Å². The molecule has 0 aliphatic rings. The predicted molar refractivity (Wildman–Crippen MR) is 45.0 cm³/mol. The second-order valence-corrected chi connectivity index (χ2v) is 1.92. The normalized spacial score (nSPS) is 7.92. The van der Waals surface area contributed by atoms with Crippen molar-refractivity contribution in [3.05, 3.63) is 29.3 Å². The summed E-state index contributed by atoms with van der Waals surface area (Å²) in [6.07, 6.45) is 0. The van der Waals surface area contributed by atoms with Gasteiger partial charge in [-0.1, -0.05) is 19.9 Å². The Kier molecular flexibility index (Phi) is 4.62. The quantitative estimate of drug-likeness (QED) is 0.555. The van der Waals surface area contributed by atoms with E-state index in [-0.39, 0.29) is 5.69 Å². The number of rotatable bonds is 0. The molecule has 12 heavy (non-hydrogen) atoms. The van der Waals surface area contributed by atoms with Gasteiger partial charge in [-0.15, -0.1) is 0 Å². The molecule has 0 N–H and O–H groups in total.